The minimum Gasteiger partial charge on any atom is -0.465 e. The molecule has 3 rings (SSSR count). The third-order valence-electron chi connectivity index (χ3n) is 4.32. The fourth-order valence-electron chi connectivity index (χ4n) is 2.74. The van der Waals surface area contributed by atoms with Gasteiger partial charge in [0.15, 0.2) is 0 Å². The van der Waals surface area contributed by atoms with Crippen LogP contribution in [0.4, 0.5) is 10.5 Å². The predicted molar refractivity (Wildman–Crippen MR) is 114 cm³/mol. The molecule has 0 aromatic heterocycles. The van der Waals surface area contributed by atoms with Gasteiger partial charge < -0.3 is 14.2 Å². The number of esters is 2. The molecule has 31 heavy (non-hydrogen) atoms. The molecule has 0 aliphatic rings. The summed E-state index contributed by atoms with van der Waals surface area (Å²) in [5.41, 5.74) is 1.98. The molecule has 1 N–H and O–H groups in total. The van der Waals surface area contributed by atoms with Crippen LogP contribution in [0.3, 0.4) is 0 Å². The first-order valence-corrected chi connectivity index (χ1v) is 9.48. The van der Waals surface area contributed by atoms with Gasteiger partial charge >= 0.3 is 18.0 Å². The van der Waals surface area contributed by atoms with Gasteiger partial charge in [0.25, 0.3) is 0 Å². The average Bonchev–Trinajstić information content (AvgIpc) is 2.82. The number of hydrogen-bond acceptors (Lipinski definition) is 6. The SMILES string of the molecule is COC(=O)c1ccc(C(=O)OCc2ccccc2)cc1NC(=O)OCc1ccccc1. The topological polar surface area (TPSA) is 90.9 Å². The van der Waals surface area contributed by atoms with Crippen molar-refractivity contribution >= 4 is 23.7 Å². The first-order valence-electron chi connectivity index (χ1n) is 9.48. The Bertz CT molecular complexity index is 1050. The molecule has 0 saturated heterocycles. The van der Waals surface area contributed by atoms with E-state index in [1.165, 1.54) is 25.3 Å². The number of rotatable bonds is 7. The Morgan fingerprint density at radius 1 is 0.742 bits per heavy atom. The van der Waals surface area contributed by atoms with E-state index in [4.69, 9.17) is 14.2 Å². The fourth-order valence-corrected chi connectivity index (χ4v) is 2.74. The van der Waals surface area contributed by atoms with Crippen LogP contribution in [0.15, 0.2) is 78.9 Å². The van der Waals surface area contributed by atoms with Crippen LogP contribution in [0.2, 0.25) is 0 Å². The molecule has 1 amide bonds. The van der Waals surface area contributed by atoms with Gasteiger partial charge in [0.05, 0.1) is 23.9 Å². The van der Waals surface area contributed by atoms with E-state index in [-0.39, 0.29) is 30.0 Å². The Morgan fingerprint density at radius 3 is 1.90 bits per heavy atom. The summed E-state index contributed by atoms with van der Waals surface area (Å²) >= 11 is 0. The van der Waals surface area contributed by atoms with Crippen LogP contribution in [-0.4, -0.2) is 25.1 Å². The molecule has 7 heteroatoms. The van der Waals surface area contributed by atoms with Gasteiger partial charge in [-0.1, -0.05) is 60.7 Å². The van der Waals surface area contributed by atoms with Crippen LogP contribution in [0, 0.1) is 0 Å². The van der Waals surface area contributed by atoms with Crippen molar-refractivity contribution in [3.05, 3.63) is 101 Å². The van der Waals surface area contributed by atoms with Crippen LogP contribution in [0.25, 0.3) is 0 Å². The quantitative estimate of drug-likeness (QED) is 0.445. The highest BCUT2D eigenvalue weighted by Crippen LogP contribution is 2.21. The van der Waals surface area contributed by atoms with Crippen molar-refractivity contribution in [2.24, 2.45) is 0 Å². The van der Waals surface area contributed by atoms with Crippen molar-refractivity contribution in [2.75, 3.05) is 12.4 Å². The van der Waals surface area contributed by atoms with Crippen LogP contribution >= 0.6 is 0 Å². The van der Waals surface area contributed by atoms with E-state index in [1.807, 2.05) is 60.7 Å². The number of carbonyl (C=O) groups excluding carboxylic acids is 3. The second-order valence-electron chi connectivity index (χ2n) is 6.50. The maximum atomic E-state index is 12.4. The Balaban J connectivity index is 1.71. The molecule has 7 nitrogen and oxygen atoms in total. The molecule has 0 spiro atoms. The van der Waals surface area contributed by atoms with E-state index in [0.29, 0.717) is 0 Å². The highest BCUT2D eigenvalue weighted by Gasteiger charge is 2.18. The van der Waals surface area contributed by atoms with Crippen LogP contribution < -0.4 is 5.32 Å². The Hall–Kier alpha value is -4.13. The van der Waals surface area contributed by atoms with Gasteiger partial charge in [0.2, 0.25) is 0 Å². The Labute approximate surface area is 179 Å². The van der Waals surface area contributed by atoms with Gasteiger partial charge in [0.1, 0.15) is 13.2 Å². The maximum absolute atomic E-state index is 12.4. The molecule has 158 valence electrons. The van der Waals surface area contributed by atoms with E-state index in [9.17, 15) is 14.4 Å². The van der Waals surface area contributed by atoms with E-state index in [2.05, 4.69) is 5.32 Å². The average molecular weight is 419 g/mol. The van der Waals surface area contributed by atoms with E-state index in [1.54, 1.807) is 0 Å². The third-order valence-corrected chi connectivity index (χ3v) is 4.32. The predicted octanol–water partition coefficient (Wildman–Crippen LogP) is 4.58. The zero-order valence-electron chi connectivity index (χ0n) is 16.9. The molecular weight excluding hydrogens is 398 g/mol. The third kappa shape index (κ3) is 6.17. The molecule has 0 radical (unpaired) electrons. The number of nitrogens with one attached hydrogen (secondary N) is 1. The van der Waals surface area contributed by atoms with Crippen molar-refractivity contribution in [3.8, 4) is 0 Å². The Morgan fingerprint density at radius 2 is 1.32 bits per heavy atom. The number of carbonyl (C=O) groups is 3. The smallest absolute Gasteiger partial charge is 0.411 e. The molecule has 0 unspecified atom stereocenters. The standard InChI is InChI=1S/C24H21NO6/c1-29-23(27)20-13-12-19(22(26)30-15-17-8-4-2-5-9-17)14-21(20)25-24(28)31-16-18-10-6-3-7-11-18/h2-14H,15-16H2,1H3,(H,25,28). The summed E-state index contributed by atoms with van der Waals surface area (Å²) in [4.78, 5) is 36.7. The van der Waals surface area contributed by atoms with E-state index < -0.39 is 18.0 Å². The molecular formula is C24H21NO6. The van der Waals surface area contributed by atoms with Gasteiger partial charge in [0, 0.05) is 0 Å². The summed E-state index contributed by atoms with van der Waals surface area (Å²) in [5, 5.41) is 2.50. The van der Waals surface area contributed by atoms with E-state index >= 15 is 0 Å². The van der Waals surface area contributed by atoms with Gasteiger partial charge in [-0.3, -0.25) is 5.32 Å². The normalized spacial score (nSPS) is 10.1. The van der Waals surface area contributed by atoms with Crippen LogP contribution in [-0.2, 0) is 27.4 Å². The van der Waals surface area contributed by atoms with Gasteiger partial charge in [-0.2, -0.15) is 0 Å². The summed E-state index contributed by atoms with van der Waals surface area (Å²) in [6.07, 6.45) is -0.774. The largest absolute Gasteiger partial charge is 0.465 e. The lowest BCUT2D eigenvalue weighted by Gasteiger charge is -2.12. The fraction of sp³-hybridized carbons (Fsp3) is 0.125. The Kier molecular flexibility index (Phi) is 7.37. The van der Waals surface area contributed by atoms with Crippen LogP contribution in [0.1, 0.15) is 31.8 Å². The minimum absolute atomic E-state index is 0.0546. The molecule has 0 saturated carbocycles. The van der Waals surface area contributed by atoms with Crippen LogP contribution in [0.5, 0.6) is 0 Å². The zero-order valence-corrected chi connectivity index (χ0v) is 16.9. The lowest BCUT2D eigenvalue weighted by molar-refractivity contribution is 0.0471. The maximum Gasteiger partial charge on any atom is 0.411 e. The van der Waals surface area contributed by atoms with Gasteiger partial charge in [-0.15, -0.1) is 0 Å². The molecule has 0 fully saturated rings. The lowest BCUT2D eigenvalue weighted by Crippen LogP contribution is -2.17. The highest BCUT2D eigenvalue weighted by atomic mass is 16.5. The summed E-state index contributed by atoms with van der Waals surface area (Å²) in [6, 6.07) is 22.5. The summed E-state index contributed by atoms with van der Waals surface area (Å²) in [7, 11) is 1.22. The van der Waals surface area contributed by atoms with E-state index in [0.717, 1.165) is 11.1 Å². The minimum atomic E-state index is -0.774. The number of methoxy groups -OCH3 is 1. The van der Waals surface area contributed by atoms with Crippen molar-refractivity contribution < 1.29 is 28.6 Å². The number of benzene rings is 3. The molecule has 0 bridgehead atoms. The first-order chi connectivity index (χ1) is 15.1. The van der Waals surface area contributed by atoms with Gasteiger partial charge in [-0.05, 0) is 29.3 Å². The molecule has 3 aromatic rings. The second-order valence-corrected chi connectivity index (χ2v) is 6.50. The number of hydrogen-bond donors (Lipinski definition) is 1. The number of anilines is 1. The number of amides is 1. The zero-order chi connectivity index (χ0) is 22.1. The number of ether oxygens (including phenoxy) is 3. The van der Waals surface area contributed by atoms with Crippen molar-refractivity contribution in [3.63, 3.8) is 0 Å². The summed E-state index contributed by atoms with van der Waals surface area (Å²) in [5.74, 6) is -1.26. The molecule has 3 aromatic carbocycles. The monoisotopic (exact) mass is 419 g/mol. The van der Waals surface area contributed by atoms with Crippen molar-refractivity contribution in [1.82, 2.24) is 0 Å². The molecule has 0 heterocycles. The summed E-state index contributed by atoms with van der Waals surface area (Å²) < 4.78 is 15.2. The second kappa shape index (κ2) is 10.6. The first kappa shape index (κ1) is 21.6. The molecule has 0 aliphatic heterocycles. The van der Waals surface area contributed by atoms with Gasteiger partial charge in [-0.25, -0.2) is 14.4 Å². The molecule has 0 aliphatic carbocycles. The van der Waals surface area contributed by atoms with Crippen molar-refractivity contribution in [2.45, 2.75) is 13.2 Å². The van der Waals surface area contributed by atoms with Crippen molar-refractivity contribution in [1.29, 1.82) is 0 Å². The highest BCUT2D eigenvalue weighted by molar-refractivity contribution is 6.02. The lowest BCUT2D eigenvalue weighted by atomic mass is 10.1. The molecule has 0 atom stereocenters. The summed E-state index contributed by atoms with van der Waals surface area (Å²) in [6.45, 7) is 0.152.